The van der Waals surface area contributed by atoms with Gasteiger partial charge in [0.1, 0.15) is 0 Å². The van der Waals surface area contributed by atoms with Crippen LogP contribution in [0.1, 0.15) is 12.0 Å². The van der Waals surface area contributed by atoms with Crippen LogP contribution in [0.15, 0.2) is 24.3 Å². The molecule has 1 amide bonds. The molecular weight excluding hydrogens is 206 g/mol. The number of nitrogens with two attached hydrogens (primary N) is 1. The van der Waals surface area contributed by atoms with Crippen molar-refractivity contribution >= 4 is 11.6 Å². The minimum atomic E-state index is -0.746. The molecule has 0 aromatic heterocycles. The number of hydrogen-bond acceptors (Lipinski definition) is 4. The number of carbonyl (C=O) groups is 1. The average Bonchev–Trinajstić information content (AvgIpc) is 2.28. The fraction of sp³-hybridized carbons (Fsp3) is 0.364. The highest BCUT2D eigenvalue weighted by Crippen LogP contribution is 2.08. The molecule has 0 spiro atoms. The van der Waals surface area contributed by atoms with Crippen LogP contribution in [0.25, 0.3) is 0 Å². The maximum absolute atomic E-state index is 10.9. The predicted octanol–water partition coefficient (Wildman–Crippen LogP) is 0.148. The zero-order chi connectivity index (χ0) is 12.0. The second-order valence-electron chi connectivity index (χ2n) is 3.67. The molecule has 5 N–H and O–H groups in total. The number of benzene rings is 1. The Labute approximate surface area is 94.6 Å². The van der Waals surface area contributed by atoms with E-state index in [1.807, 2.05) is 36.6 Å². The molecule has 0 radical (unpaired) electrons. The number of anilines is 1. The van der Waals surface area contributed by atoms with Gasteiger partial charge >= 0.3 is 0 Å². The molecule has 0 bridgehead atoms. The van der Waals surface area contributed by atoms with Gasteiger partial charge in [0.15, 0.2) is 0 Å². The van der Waals surface area contributed by atoms with Gasteiger partial charge in [0.25, 0.3) is 0 Å². The van der Waals surface area contributed by atoms with Gasteiger partial charge in [0.2, 0.25) is 5.91 Å². The molecule has 0 fully saturated rings. The van der Waals surface area contributed by atoms with E-state index in [0.29, 0.717) is 6.54 Å². The van der Waals surface area contributed by atoms with Crippen LogP contribution in [-0.2, 0) is 4.79 Å². The number of rotatable bonds is 5. The Hall–Kier alpha value is -1.59. The van der Waals surface area contributed by atoms with Crippen LogP contribution in [0.3, 0.4) is 0 Å². The van der Waals surface area contributed by atoms with Gasteiger partial charge in [-0.05, 0) is 19.1 Å². The Kier molecular flexibility index (Phi) is 4.75. The Bertz CT molecular complexity index is 338. The predicted molar refractivity (Wildman–Crippen MR) is 62.6 cm³/mol. The Morgan fingerprint density at radius 3 is 2.62 bits per heavy atom. The lowest BCUT2D eigenvalue weighted by Gasteiger charge is -2.11. The van der Waals surface area contributed by atoms with Crippen molar-refractivity contribution in [1.82, 2.24) is 5.43 Å². The first-order valence-electron chi connectivity index (χ1n) is 5.10. The molecule has 1 rings (SSSR count). The molecule has 0 aliphatic rings. The lowest BCUT2D eigenvalue weighted by Crippen LogP contribution is -2.34. The second kappa shape index (κ2) is 6.09. The molecule has 1 aromatic rings. The number of carbonyl (C=O) groups excluding carboxylic acids is 1. The number of aliphatic hydroxyl groups is 1. The maximum Gasteiger partial charge on any atom is 0.236 e. The lowest BCUT2D eigenvalue weighted by atomic mass is 10.2. The maximum atomic E-state index is 10.9. The van der Waals surface area contributed by atoms with E-state index in [1.165, 1.54) is 5.56 Å². The zero-order valence-corrected chi connectivity index (χ0v) is 9.23. The third-order valence-corrected chi connectivity index (χ3v) is 2.18. The van der Waals surface area contributed by atoms with Gasteiger partial charge in [-0.25, -0.2) is 5.84 Å². The van der Waals surface area contributed by atoms with E-state index in [0.717, 1.165) is 5.69 Å². The van der Waals surface area contributed by atoms with E-state index in [1.54, 1.807) is 0 Å². The number of hydrogen-bond donors (Lipinski definition) is 4. The second-order valence-corrected chi connectivity index (χ2v) is 3.67. The summed E-state index contributed by atoms with van der Waals surface area (Å²) in [7, 11) is 0. The average molecular weight is 223 g/mol. The summed E-state index contributed by atoms with van der Waals surface area (Å²) in [5, 5.41) is 12.5. The topological polar surface area (TPSA) is 87.4 Å². The molecule has 0 aliphatic carbocycles. The van der Waals surface area contributed by atoms with Crippen LogP contribution in [0.4, 0.5) is 5.69 Å². The highest BCUT2D eigenvalue weighted by atomic mass is 16.3. The Morgan fingerprint density at radius 1 is 1.44 bits per heavy atom. The number of nitrogens with one attached hydrogen (secondary N) is 2. The summed E-state index contributed by atoms with van der Waals surface area (Å²) in [6.07, 6.45) is -0.750. The molecule has 1 aromatic carbocycles. The molecule has 1 unspecified atom stereocenters. The van der Waals surface area contributed by atoms with Crippen molar-refractivity contribution in [1.29, 1.82) is 0 Å². The number of aryl methyl sites for hydroxylation is 1. The van der Waals surface area contributed by atoms with Crippen molar-refractivity contribution in [3.8, 4) is 0 Å². The van der Waals surface area contributed by atoms with E-state index in [2.05, 4.69) is 5.32 Å². The summed E-state index contributed by atoms with van der Waals surface area (Å²) in [5.74, 6) is 4.54. The number of amides is 1. The molecule has 5 nitrogen and oxygen atoms in total. The van der Waals surface area contributed by atoms with Crippen LogP contribution in [-0.4, -0.2) is 23.7 Å². The van der Waals surface area contributed by atoms with Crippen LogP contribution >= 0.6 is 0 Å². The smallest absolute Gasteiger partial charge is 0.236 e. The molecule has 5 heteroatoms. The Morgan fingerprint density at radius 2 is 2.06 bits per heavy atom. The number of aliphatic hydroxyl groups excluding tert-OH is 1. The molecule has 0 heterocycles. The summed E-state index contributed by atoms with van der Waals surface area (Å²) in [6, 6.07) is 7.79. The fourth-order valence-corrected chi connectivity index (χ4v) is 1.25. The van der Waals surface area contributed by atoms with Crippen molar-refractivity contribution in [2.24, 2.45) is 5.84 Å². The normalized spacial score (nSPS) is 11.9. The SMILES string of the molecule is Cc1ccc(NCC(O)CC(=O)NN)cc1. The molecule has 16 heavy (non-hydrogen) atoms. The summed E-state index contributed by atoms with van der Waals surface area (Å²) in [6.45, 7) is 2.32. The van der Waals surface area contributed by atoms with E-state index in [4.69, 9.17) is 5.84 Å². The standard InChI is InChI=1S/C11H17N3O2/c1-8-2-4-9(5-3-8)13-7-10(15)6-11(16)14-12/h2-5,10,13,15H,6-7,12H2,1H3,(H,14,16). The highest BCUT2D eigenvalue weighted by Gasteiger charge is 2.08. The first kappa shape index (κ1) is 12.5. The van der Waals surface area contributed by atoms with E-state index >= 15 is 0 Å². The van der Waals surface area contributed by atoms with E-state index in [-0.39, 0.29) is 12.3 Å². The lowest BCUT2D eigenvalue weighted by molar-refractivity contribution is -0.122. The summed E-state index contributed by atoms with van der Waals surface area (Å²) in [4.78, 5) is 10.9. The van der Waals surface area contributed by atoms with Gasteiger partial charge < -0.3 is 10.4 Å². The van der Waals surface area contributed by atoms with Crippen LogP contribution in [0, 0.1) is 6.92 Å². The van der Waals surface area contributed by atoms with Gasteiger partial charge in [0, 0.05) is 12.2 Å². The summed E-state index contributed by atoms with van der Waals surface area (Å²) in [5.41, 5.74) is 4.06. The van der Waals surface area contributed by atoms with Gasteiger partial charge in [0.05, 0.1) is 12.5 Å². The largest absolute Gasteiger partial charge is 0.391 e. The molecule has 0 saturated heterocycles. The molecular formula is C11H17N3O2. The minimum absolute atomic E-state index is 0.00460. The third kappa shape index (κ3) is 4.29. The van der Waals surface area contributed by atoms with Crippen LogP contribution < -0.4 is 16.6 Å². The highest BCUT2D eigenvalue weighted by molar-refractivity contribution is 5.75. The van der Waals surface area contributed by atoms with Crippen molar-refractivity contribution in [2.45, 2.75) is 19.4 Å². The van der Waals surface area contributed by atoms with Crippen molar-refractivity contribution in [2.75, 3.05) is 11.9 Å². The zero-order valence-electron chi connectivity index (χ0n) is 9.23. The van der Waals surface area contributed by atoms with Crippen LogP contribution in [0.5, 0.6) is 0 Å². The Balaban J connectivity index is 2.34. The van der Waals surface area contributed by atoms with Crippen molar-refractivity contribution < 1.29 is 9.90 Å². The number of hydrazine groups is 1. The molecule has 1 atom stereocenters. The first-order chi connectivity index (χ1) is 7.61. The molecule has 0 aliphatic heterocycles. The van der Waals surface area contributed by atoms with Gasteiger partial charge in [-0.1, -0.05) is 17.7 Å². The fourth-order valence-electron chi connectivity index (χ4n) is 1.25. The van der Waals surface area contributed by atoms with Gasteiger partial charge in [-0.15, -0.1) is 0 Å². The first-order valence-corrected chi connectivity index (χ1v) is 5.10. The third-order valence-electron chi connectivity index (χ3n) is 2.18. The summed E-state index contributed by atoms with van der Waals surface area (Å²) >= 11 is 0. The monoisotopic (exact) mass is 223 g/mol. The quantitative estimate of drug-likeness (QED) is 0.325. The molecule has 88 valence electrons. The van der Waals surface area contributed by atoms with E-state index < -0.39 is 6.10 Å². The minimum Gasteiger partial charge on any atom is -0.391 e. The van der Waals surface area contributed by atoms with Gasteiger partial charge in [-0.2, -0.15) is 0 Å². The van der Waals surface area contributed by atoms with Crippen molar-refractivity contribution in [3.63, 3.8) is 0 Å². The van der Waals surface area contributed by atoms with Crippen LogP contribution in [0.2, 0.25) is 0 Å². The molecule has 0 saturated carbocycles. The summed E-state index contributed by atoms with van der Waals surface area (Å²) < 4.78 is 0. The van der Waals surface area contributed by atoms with Gasteiger partial charge in [-0.3, -0.25) is 10.2 Å². The van der Waals surface area contributed by atoms with Crippen molar-refractivity contribution in [3.05, 3.63) is 29.8 Å². The van der Waals surface area contributed by atoms with E-state index in [9.17, 15) is 9.90 Å².